The number of aromatic nitrogens is 1. The fourth-order valence-corrected chi connectivity index (χ4v) is 4.79. The molecular formula is C32H28N4O3. The number of ether oxygens (including phenoxy) is 2. The minimum absolute atomic E-state index is 0.0279. The Kier molecular flexibility index (Phi) is 6.78. The molecule has 3 aromatic carbocycles. The van der Waals surface area contributed by atoms with Gasteiger partial charge in [0.1, 0.15) is 23.1 Å². The molecule has 0 saturated heterocycles. The van der Waals surface area contributed by atoms with E-state index in [1.165, 1.54) is 0 Å². The van der Waals surface area contributed by atoms with Gasteiger partial charge in [-0.05, 0) is 78.6 Å². The summed E-state index contributed by atoms with van der Waals surface area (Å²) in [5, 5.41) is 3.45. The number of pyridine rings is 1. The normalized spacial score (nSPS) is 16.5. The predicted molar refractivity (Wildman–Crippen MR) is 153 cm³/mol. The van der Waals surface area contributed by atoms with Crippen LogP contribution in [0.15, 0.2) is 108 Å². The van der Waals surface area contributed by atoms with Crippen molar-refractivity contribution < 1.29 is 14.3 Å². The maximum Gasteiger partial charge on any atom is 0.265 e. The lowest BCUT2D eigenvalue weighted by Gasteiger charge is -2.30. The summed E-state index contributed by atoms with van der Waals surface area (Å²) in [5.41, 5.74) is 4.79. The Balaban J connectivity index is 1.24. The standard InChI is InChI=1S/C32H28N4O3/c1-22-15-25(17-31(34-22)35-26-8-5-11-28(18-26)39-27-9-3-2-4-10-27)24-12-13-30-29(16-24)36(32(37)21-38-30)20-23-7-6-14-33-19-23/h2-14,16-19,22H,15,20-21H2,1H3,(H,34,35). The lowest BCUT2D eigenvalue weighted by atomic mass is 9.95. The van der Waals surface area contributed by atoms with Gasteiger partial charge in [0.15, 0.2) is 6.61 Å². The molecule has 1 aromatic heterocycles. The first kappa shape index (κ1) is 24.4. The van der Waals surface area contributed by atoms with Crippen molar-refractivity contribution in [2.24, 2.45) is 4.99 Å². The van der Waals surface area contributed by atoms with Crippen molar-refractivity contribution in [3.63, 3.8) is 0 Å². The molecule has 1 N–H and O–H groups in total. The van der Waals surface area contributed by atoms with E-state index in [-0.39, 0.29) is 18.6 Å². The second kappa shape index (κ2) is 10.8. The number of hydrogen-bond donors (Lipinski definition) is 1. The third kappa shape index (κ3) is 5.67. The minimum atomic E-state index is -0.0731. The summed E-state index contributed by atoms with van der Waals surface area (Å²) in [6.45, 7) is 2.57. The number of aliphatic imine (C=N–C) groups is 1. The number of amidine groups is 1. The molecule has 0 fully saturated rings. The van der Waals surface area contributed by atoms with Gasteiger partial charge in [0.25, 0.3) is 5.91 Å². The van der Waals surface area contributed by atoms with Crippen molar-refractivity contribution in [1.29, 1.82) is 0 Å². The molecular weight excluding hydrogens is 488 g/mol. The lowest BCUT2D eigenvalue weighted by Crippen LogP contribution is -2.38. The van der Waals surface area contributed by atoms with Gasteiger partial charge in [-0.1, -0.05) is 36.4 Å². The Bertz CT molecular complexity index is 1550. The van der Waals surface area contributed by atoms with Gasteiger partial charge in [-0.2, -0.15) is 0 Å². The van der Waals surface area contributed by atoms with Crippen LogP contribution in [0.1, 0.15) is 24.5 Å². The van der Waals surface area contributed by atoms with Gasteiger partial charge in [-0.25, -0.2) is 0 Å². The van der Waals surface area contributed by atoms with E-state index in [0.29, 0.717) is 12.3 Å². The van der Waals surface area contributed by atoms with Gasteiger partial charge in [-0.3, -0.25) is 14.8 Å². The number of anilines is 2. The highest BCUT2D eigenvalue weighted by molar-refractivity contribution is 6.09. The number of dihydropyridines is 1. The van der Waals surface area contributed by atoms with Gasteiger partial charge in [0.2, 0.25) is 0 Å². The van der Waals surface area contributed by atoms with Crippen LogP contribution in [0.4, 0.5) is 11.4 Å². The summed E-state index contributed by atoms with van der Waals surface area (Å²) in [6, 6.07) is 27.5. The van der Waals surface area contributed by atoms with E-state index >= 15 is 0 Å². The summed E-state index contributed by atoms with van der Waals surface area (Å²) in [5.74, 6) is 2.93. The average Bonchev–Trinajstić information content (AvgIpc) is 2.95. The number of benzene rings is 3. The fourth-order valence-electron chi connectivity index (χ4n) is 4.79. The largest absolute Gasteiger partial charge is 0.482 e. The number of rotatable bonds is 6. The summed E-state index contributed by atoms with van der Waals surface area (Å²) < 4.78 is 11.7. The number of nitrogens with zero attached hydrogens (tertiary/aromatic N) is 3. The number of carbonyl (C=O) groups excluding carboxylic acids is 1. The summed E-state index contributed by atoms with van der Waals surface area (Å²) >= 11 is 0. The molecule has 2 aliphatic heterocycles. The number of fused-ring (bicyclic) bond motifs is 1. The van der Waals surface area contributed by atoms with Crippen LogP contribution in [0, 0.1) is 0 Å². The van der Waals surface area contributed by atoms with E-state index in [2.05, 4.69) is 23.3 Å². The Labute approximate surface area is 227 Å². The van der Waals surface area contributed by atoms with Gasteiger partial charge in [0.05, 0.1) is 18.3 Å². The number of nitrogens with one attached hydrogen (secondary N) is 1. The highest BCUT2D eigenvalue weighted by Crippen LogP contribution is 2.37. The SMILES string of the molecule is CC1CC(c2ccc3c(c2)N(Cc2cccnc2)C(=O)CO3)=CC(Nc2cccc(Oc3ccccc3)c2)=N1. The van der Waals surface area contributed by atoms with Crippen LogP contribution < -0.4 is 19.7 Å². The van der Waals surface area contributed by atoms with Gasteiger partial charge >= 0.3 is 0 Å². The Hall–Kier alpha value is -4.91. The van der Waals surface area contributed by atoms with Crippen molar-refractivity contribution in [3.8, 4) is 17.2 Å². The molecule has 0 spiro atoms. The zero-order valence-corrected chi connectivity index (χ0v) is 21.6. The Morgan fingerprint density at radius 1 is 1.00 bits per heavy atom. The van der Waals surface area contributed by atoms with Crippen LogP contribution in [0.5, 0.6) is 17.2 Å². The quantitative estimate of drug-likeness (QED) is 0.317. The smallest absolute Gasteiger partial charge is 0.265 e. The molecule has 0 bridgehead atoms. The van der Waals surface area contributed by atoms with Gasteiger partial charge in [-0.15, -0.1) is 0 Å². The Morgan fingerprint density at radius 3 is 2.72 bits per heavy atom. The maximum atomic E-state index is 12.8. The molecule has 39 heavy (non-hydrogen) atoms. The monoisotopic (exact) mass is 516 g/mol. The second-order valence-electron chi connectivity index (χ2n) is 9.62. The molecule has 7 nitrogen and oxygen atoms in total. The van der Waals surface area contributed by atoms with Crippen LogP contribution in [0.25, 0.3) is 5.57 Å². The number of amides is 1. The van der Waals surface area contributed by atoms with Gasteiger partial charge in [0, 0.05) is 24.1 Å². The molecule has 4 aromatic rings. The second-order valence-corrected chi connectivity index (χ2v) is 9.62. The summed E-state index contributed by atoms with van der Waals surface area (Å²) in [6.07, 6.45) is 6.38. The molecule has 1 atom stereocenters. The average molecular weight is 517 g/mol. The molecule has 0 aliphatic carbocycles. The van der Waals surface area contributed by atoms with Crippen molar-refractivity contribution in [3.05, 3.63) is 115 Å². The van der Waals surface area contributed by atoms with Crippen LogP contribution >= 0.6 is 0 Å². The molecule has 194 valence electrons. The summed E-state index contributed by atoms with van der Waals surface area (Å²) in [4.78, 5) is 23.6. The first-order valence-electron chi connectivity index (χ1n) is 13.0. The first-order valence-corrected chi connectivity index (χ1v) is 13.0. The van der Waals surface area contributed by atoms with E-state index in [1.54, 1.807) is 17.3 Å². The third-order valence-corrected chi connectivity index (χ3v) is 6.61. The van der Waals surface area contributed by atoms with Crippen molar-refractivity contribution >= 4 is 28.7 Å². The number of para-hydroxylation sites is 1. The van der Waals surface area contributed by atoms with E-state index in [9.17, 15) is 4.79 Å². The predicted octanol–water partition coefficient (Wildman–Crippen LogP) is 6.49. The Morgan fingerprint density at radius 2 is 1.87 bits per heavy atom. The first-order chi connectivity index (χ1) is 19.1. The van der Waals surface area contributed by atoms with E-state index < -0.39 is 0 Å². The zero-order valence-electron chi connectivity index (χ0n) is 21.6. The topological polar surface area (TPSA) is 76.1 Å². The zero-order chi connectivity index (χ0) is 26.6. The summed E-state index contributed by atoms with van der Waals surface area (Å²) in [7, 11) is 0. The van der Waals surface area contributed by atoms with Crippen LogP contribution in [0.2, 0.25) is 0 Å². The molecule has 0 saturated carbocycles. The molecule has 1 amide bonds. The molecule has 6 rings (SSSR count). The maximum absolute atomic E-state index is 12.8. The number of carbonyl (C=O) groups is 1. The minimum Gasteiger partial charge on any atom is -0.482 e. The lowest BCUT2D eigenvalue weighted by molar-refractivity contribution is -0.121. The molecule has 7 heteroatoms. The highest BCUT2D eigenvalue weighted by Gasteiger charge is 2.27. The molecule has 3 heterocycles. The molecule has 2 aliphatic rings. The van der Waals surface area contributed by atoms with E-state index in [0.717, 1.165) is 51.8 Å². The van der Waals surface area contributed by atoms with Crippen molar-refractivity contribution in [2.75, 3.05) is 16.8 Å². The highest BCUT2D eigenvalue weighted by atomic mass is 16.5. The van der Waals surface area contributed by atoms with Crippen molar-refractivity contribution in [1.82, 2.24) is 4.98 Å². The fraction of sp³-hybridized carbons (Fsp3) is 0.156. The number of hydrogen-bond acceptors (Lipinski definition) is 6. The molecule has 1 unspecified atom stereocenters. The van der Waals surface area contributed by atoms with E-state index in [4.69, 9.17) is 14.5 Å². The van der Waals surface area contributed by atoms with Crippen LogP contribution in [0.3, 0.4) is 0 Å². The third-order valence-electron chi connectivity index (χ3n) is 6.61. The van der Waals surface area contributed by atoms with E-state index in [1.807, 2.05) is 84.9 Å². The van der Waals surface area contributed by atoms with Crippen LogP contribution in [-0.4, -0.2) is 29.4 Å². The van der Waals surface area contributed by atoms with Crippen LogP contribution in [-0.2, 0) is 11.3 Å². The molecule has 0 radical (unpaired) electrons. The van der Waals surface area contributed by atoms with Gasteiger partial charge < -0.3 is 19.7 Å². The van der Waals surface area contributed by atoms with Crippen molar-refractivity contribution in [2.45, 2.75) is 25.9 Å².